The number of nitrogens with one attached hydrogen (secondary N) is 1. The van der Waals surface area contributed by atoms with Gasteiger partial charge in [-0.1, -0.05) is 6.42 Å². The van der Waals surface area contributed by atoms with Gasteiger partial charge in [0.25, 0.3) is 5.91 Å². The zero-order chi connectivity index (χ0) is 13.3. The maximum absolute atomic E-state index is 12.3. The van der Waals surface area contributed by atoms with Crippen molar-refractivity contribution in [1.82, 2.24) is 0 Å². The summed E-state index contributed by atoms with van der Waals surface area (Å²) in [5, 5.41) is 5.02. The lowest BCUT2D eigenvalue weighted by Gasteiger charge is -2.27. The Bertz CT molecular complexity index is 485. The zero-order valence-corrected chi connectivity index (χ0v) is 11.0. The van der Waals surface area contributed by atoms with Crippen LogP contribution >= 0.6 is 11.3 Å². The van der Waals surface area contributed by atoms with Gasteiger partial charge in [0.05, 0.1) is 11.0 Å². The largest absolute Gasteiger partial charge is 0.366 e. The number of amides is 2. The molecule has 5 N–H and O–H groups in total. The average Bonchev–Trinajstić information content (AvgIpc) is 2.88. The van der Waals surface area contributed by atoms with Crippen LogP contribution in [-0.4, -0.2) is 17.9 Å². The first-order valence-electron chi connectivity index (χ1n) is 5.89. The Morgan fingerprint density at radius 2 is 2.28 bits per heavy atom. The van der Waals surface area contributed by atoms with Gasteiger partial charge in [0, 0.05) is 6.04 Å². The number of hydrogen-bond acceptors (Lipinski definition) is 4. The Kier molecular flexibility index (Phi) is 3.41. The molecule has 2 atom stereocenters. The highest BCUT2D eigenvalue weighted by molar-refractivity contribution is 7.14. The molecule has 5 nitrogen and oxygen atoms in total. The van der Waals surface area contributed by atoms with E-state index >= 15 is 0 Å². The van der Waals surface area contributed by atoms with E-state index in [0.717, 1.165) is 19.3 Å². The molecule has 1 heterocycles. The Balaban J connectivity index is 2.17. The summed E-state index contributed by atoms with van der Waals surface area (Å²) in [5.74, 6) is -0.662. The van der Waals surface area contributed by atoms with Crippen molar-refractivity contribution in [3.8, 4) is 0 Å². The predicted molar refractivity (Wildman–Crippen MR) is 71.4 cm³/mol. The fourth-order valence-corrected chi connectivity index (χ4v) is 3.11. The third kappa shape index (κ3) is 2.13. The number of anilines is 1. The summed E-state index contributed by atoms with van der Waals surface area (Å²) >= 11 is 1.29. The van der Waals surface area contributed by atoms with Crippen molar-refractivity contribution in [1.29, 1.82) is 0 Å². The highest BCUT2D eigenvalue weighted by atomic mass is 32.1. The van der Waals surface area contributed by atoms with Crippen molar-refractivity contribution in [3.63, 3.8) is 0 Å². The minimum absolute atomic E-state index is 0.127. The summed E-state index contributed by atoms with van der Waals surface area (Å²) in [6, 6.07) is 1.48. The van der Waals surface area contributed by atoms with Crippen molar-refractivity contribution >= 4 is 28.2 Å². The molecule has 2 unspecified atom stereocenters. The van der Waals surface area contributed by atoms with E-state index in [1.165, 1.54) is 11.3 Å². The molecule has 2 rings (SSSR count). The van der Waals surface area contributed by atoms with E-state index in [1.54, 1.807) is 11.4 Å². The predicted octanol–water partition coefficient (Wildman–Crippen LogP) is 1.30. The van der Waals surface area contributed by atoms with E-state index < -0.39 is 11.3 Å². The third-order valence-corrected chi connectivity index (χ3v) is 4.54. The van der Waals surface area contributed by atoms with Crippen molar-refractivity contribution in [2.75, 3.05) is 5.32 Å². The minimum atomic E-state index is -0.557. The van der Waals surface area contributed by atoms with Crippen LogP contribution in [0.5, 0.6) is 0 Å². The molecule has 0 aromatic carbocycles. The first-order chi connectivity index (χ1) is 8.45. The number of rotatable bonds is 3. The molecule has 0 saturated heterocycles. The second-order valence-corrected chi connectivity index (χ2v) is 5.81. The molecule has 0 spiro atoms. The Hall–Kier alpha value is -1.40. The molecule has 1 aromatic heterocycles. The molecule has 98 valence electrons. The summed E-state index contributed by atoms with van der Waals surface area (Å²) in [4.78, 5) is 23.5. The summed E-state index contributed by atoms with van der Waals surface area (Å²) in [7, 11) is 0. The molecule has 1 aliphatic rings. The Labute approximate surface area is 110 Å². The van der Waals surface area contributed by atoms with Crippen molar-refractivity contribution in [3.05, 3.63) is 17.0 Å². The van der Waals surface area contributed by atoms with Gasteiger partial charge in [-0.3, -0.25) is 9.59 Å². The van der Waals surface area contributed by atoms with Crippen LogP contribution in [0.4, 0.5) is 5.00 Å². The zero-order valence-electron chi connectivity index (χ0n) is 10.2. The second kappa shape index (κ2) is 4.70. The molecular weight excluding hydrogens is 250 g/mol. The molecule has 1 aromatic rings. The number of carbonyl (C=O) groups is 2. The topological polar surface area (TPSA) is 98.2 Å². The molecule has 0 aliphatic heterocycles. The number of hydrogen-bond donors (Lipinski definition) is 3. The van der Waals surface area contributed by atoms with Gasteiger partial charge in [-0.05, 0) is 31.2 Å². The van der Waals surface area contributed by atoms with E-state index in [-0.39, 0.29) is 11.9 Å². The average molecular weight is 267 g/mol. The SMILES string of the molecule is CC1(C(=O)Nc2sccc2C(N)=O)CCCC1N. The fourth-order valence-electron chi connectivity index (χ4n) is 2.32. The maximum Gasteiger partial charge on any atom is 0.251 e. The van der Waals surface area contributed by atoms with E-state index in [0.29, 0.717) is 10.6 Å². The van der Waals surface area contributed by atoms with Gasteiger partial charge in [-0.25, -0.2) is 0 Å². The summed E-state index contributed by atoms with van der Waals surface area (Å²) in [6.07, 6.45) is 2.59. The summed E-state index contributed by atoms with van der Waals surface area (Å²) in [5.41, 5.74) is 11.0. The second-order valence-electron chi connectivity index (χ2n) is 4.90. The standard InChI is InChI=1S/C12H17N3O2S/c1-12(5-2-3-8(12)13)11(17)15-10-7(9(14)16)4-6-18-10/h4,6,8H,2-3,5,13H2,1H3,(H2,14,16)(H,15,17). The van der Waals surface area contributed by atoms with E-state index in [1.807, 2.05) is 6.92 Å². The Morgan fingerprint density at radius 1 is 1.56 bits per heavy atom. The summed E-state index contributed by atoms with van der Waals surface area (Å²) in [6.45, 7) is 1.87. The van der Waals surface area contributed by atoms with Gasteiger partial charge >= 0.3 is 0 Å². The van der Waals surface area contributed by atoms with Crippen LogP contribution in [0.3, 0.4) is 0 Å². The van der Waals surface area contributed by atoms with Gasteiger partial charge in [0.2, 0.25) is 5.91 Å². The van der Waals surface area contributed by atoms with Crippen LogP contribution in [0.1, 0.15) is 36.5 Å². The minimum Gasteiger partial charge on any atom is -0.366 e. The highest BCUT2D eigenvalue weighted by Crippen LogP contribution is 2.38. The van der Waals surface area contributed by atoms with E-state index in [4.69, 9.17) is 11.5 Å². The normalized spacial score (nSPS) is 27.1. The number of thiophene rings is 1. The van der Waals surface area contributed by atoms with Crippen LogP contribution in [0.2, 0.25) is 0 Å². The highest BCUT2D eigenvalue weighted by Gasteiger charge is 2.43. The molecule has 0 radical (unpaired) electrons. The third-order valence-electron chi connectivity index (χ3n) is 3.71. The lowest BCUT2D eigenvalue weighted by atomic mass is 9.84. The van der Waals surface area contributed by atoms with E-state index in [9.17, 15) is 9.59 Å². The van der Waals surface area contributed by atoms with Gasteiger partial charge in [0.1, 0.15) is 5.00 Å². The summed E-state index contributed by atoms with van der Waals surface area (Å²) < 4.78 is 0. The Morgan fingerprint density at radius 3 is 2.83 bits per heavy atom. The van der Waals surface area contributed by atoms with Crippen molar-refractivity contribution < 1.29 is 9.59 Å². The van der Waals surface area contributed by atoms with Crippen LogP contribution in [0.15, 0.2) is 11.4 Å². The van der Waals surface area contributed by atoms with E-state index in [2.05, 4.69) is 5.32 Å². The van der Waals surface area contributed by atoms with Gasteiger partial charge < -0.3 is 16.8 Å². The number of primary amides is 1. The van der Waals surface area contributed by atoms with Crippen LogP contribution in [-0.2, 0) is 4.79 Å². The van der Waals surface area contributed by atoms with Crippen LogP contribution < -0.4 is 16.8 Å². The van der Waals surface area contributed by atoms with Crippen LogP contribution in [0, 0.1) is 5.41 Å². The molecule has 1 aliphatic carbocycles. The number of carbonyl (C=O) groups excluding carboxylic acids is 2. The molecular formula is C12H17N3O2S. The van der Waals surface area contributed by atoms with Crippen molar-refractivity contribution in [2.45, 2.75) is 32.2 Å². The molecule has 6 heteroatoms. The molecule has 1 fully saturated rings. The number of nitrogens with two attached hydrogens (primary N) is 2. The quantitative estimate of drug-likeness (QED) is 0.769. The van der Waals surface area contributed by atoms with Gasteiger partial charge in [0.15, 0.2) is 0 Å². The first kappa shape index (κ1) is 13.0. The lowest BCUT2D eigenvalue weighted by molar-refractivity contribution is -0.125. The van der Waals surface area contributed by atoms with Crippen LogP contribution in [0.25, 0.3) is 0 Å². The molecule has 18 heavy (non-hydrogen) atoms. The molecule has 2 amide bonds. The van der Waals surface area contributed by atoms with Crippen molar-refractivity contribution in [2.24, 2.45) is 16.9 Å². The lowest BCUT2D eigenvalue weighted by Crippen LogP contribution is -2.44. The fraction of sp³-hybridized carbons (Fsp3) is 0.500. The van der Waals surface area contributed by atoms with Gasteiger partial charge in [-0.2, -0.15) is 0 Å². The van der Waals surface area contributed by atoms with Gasteiger partial charge in [-0.15, -0.1) is 11.3 Å². The maximum atomic E-state index is 12.3. The first-order valence-corrected chi connectivity index (χ1v) is 6.77. The molecule has 0 bridgehead atoms. The monoisotopic (exact) mass is 267 g/mol. The smallest absolute Gasteiger partial charge is 0.251 e. The molecule has 1 saturated carbocycles.